The summed E-state index contributed by atoms with van der Waals surface area (Å²) in [6.45, 7) is 4.88. The van der Waals surface area contributed by atoms with Gasteiger partial charge < -0.3 is 9.80 Å². The lowest BCUT2D eigenvalue weighted by Crippen LogP contribution is -2.59. The maximum Gasteiger partial charge on any atom is 0.183 e. The van der Waals surface area contributed by atoms with E-state index in [1.54, 1.807) is 6.08 Å². The molecule has 1 atom stereocenters. The molecule has 2 heterocycles. The second kappa shape index (κ2) is 2.33. The van der Waals surface area contributed by atoms with Gasteiger partial charge in [-0.05, 0) is 20.0 Å². The lowest BCUT2D eigenvalue weighted by molar-refractivity contribution is -0.124. The van der Waals surface area contributed by atoms with Crippen LogP contribution in [-0.2, 0) is 4.79 Å². The number of piperazine rings is 1. The summed E-state index contributed by atoms with van der Waals surface area (Å²) in [4.78, 5) is 15.9. The monoisotopic (exact) mass is 166 g/mol. The molecule has 1 fully saturated rings. The van der Waals surface area contributed by atoms with Crippen molar-refractivity contribution >= 4 is 5.78 Å². The van der Waals surface area contributed by atoms with Crippen LogP contribution in [0.4, 0.5) is 0 Å². The van der Waals surface area contributed by atoms with E-state index in [-0.39, 0.29) is 11.3 Å². The Balaban J connectivity index is 2.25. The summed E-state index contributed by atoms with van der Waals surface area (Å²) in [5.74, 6) is 0.244. The molecule has 0 N–H and O–H groups in total. The number of carbonyl (C=O) groups excluding carboxylic acids is 1. The molecule has 12 heavy (non-hydrogen) atoms. The molecule has 0 bridgehead atoms. The molecule has 1 saturated heterocycles. The van der Waals surface area contributed by atoms with Crippen LogP contribution in [0, 0.1) is 0 Å². The second-order valence-electron chi connectivity index (χ2n) is 3.89. The number of ketones is 1. The van der Waals surface area contributed by atoms with Gasteiger partial charge in [0.1, 0.15) is 5.54 Å². The highest BCUT2D eigenvalue weighted by Crippen LogP contribution is 2.27. The third-order valence-electron chi connectivity index (χ3n) is 2.87. The van der Waals surface area contributed by atoms with Crippen LogP contribution < -0.4 is 0 Å². The first kappa shape index (κ1) is 7.80. The Morgan fingerprint density at radius 1 is 1.50 bits per heavy atom. The summed E-state index contributed by atoms with van der Waals surface area (Å²) in [5, 5.41) is 0. The van der Waals surface area contributed by atoms with Crippen LogP contribution in [0.15, 0.2) is 12.3 Å². The van der Waals surface area contributed by atoms with Gasteiger partial charge in [-0.3, -0.25) is 4.79 Å². The first-order chi connectivity index (χ1) is 5.63. The van der Waals surface area contributed by atoms with E-state index < -0.39 is 0 Å². The maximum atomic E-state index is 11.5. The topological polar surface area (TPSA) is 23.6 Å². The van der Waals surface area contributed by atoms with Crippen LogP contribution >= 0.6 is 0 Å². The van der Waals surface area contributed by atoms with Crippen molar-refractivity contribution in [2.75, 3.05) is 26.7 Å². The van der Waals surface area contributed by atoms with E-state index in [2.05, 4.69) is 16.8 Å². The second-order valence-corrected chi connectivity index (χ2v) is 3.89. The summed E-state index contributed by atoms with van der Waals surface area (Å²) in [7, 11) is 2.06. The van der Waals surface area contributed by atoms with E-state index in [9.17, 15) is 4.79 Å². The molecule has 0 saturated carbocycles. The molecule has 1 unspecified atom stereocenters. The lowest BCUT2D eigenvalue weighted by atomic mass is 9.95. The summed E-state index contributed by atoms with van der Waals surface area (Å²) in [6.07, 6.45) is 3.62. The third-order valence-corrected chi connectivity index (χ3v) is 2.87. The van der Waals surface area contributed by atoms with Gasteiger partial charge in [0.2, 0.25) is 0 Å². The zero-order valence-corrected chi connectivity index (χ0v) is 7.58. The molecular weight excluding hydrogens is 152 g/mol. The normalized spacial score (nSPS) is 35.8. The number of carbonyl (C=O) groups is 1. The smallest absolute Gasteiger partial charge is 0.183 e. The van der Waals surface area contributed by atoms with E-state index in [4.69, 9.17) is 0 Å². The number of nitrogens with zero attached hydrogens (tertiary/aromatic N) is 2. The van der Waals surface area contributed by atoms with E-state index in [1.165, 1.54) is 0 Å². The lowest BCUT2D eigenvalue weighted by Gasteiger charge is -2.43. The molecule has 3 heteroatoms. The van der Waals surface area contributed by atoms with Gasteiger partial charge >= 0.3 is 0 Å². The van der Waals surface area contributed by atoms with Crippen molar-refractivity contribution in [1.82, 2.24) is 9.80 Å². The summed E-state index contributed by atoms with van der Waals surface area (Å²) in [6, 6.07) is 0. The van der Waals surface area contributed by atoms with Crippen LogP contribution in [0.2, 0.25) is 0 Å². The number of hydrogen-bond acceptors (Lipinski definition) is 3. The molecule has 3 nitrogen and oxygen atoms in total. The average Bonchev–Trinajstić information content (AvgIpc) is 2.28. The molecule has 0 amide bonds. The van der Waals surface area contributed by atoms with Gasteiger partial charge in [0.05, 0.1) is 0 Å². The van der Waals surface area contributed by atoms with Crippen molar-refractivity contribution in [2.24, 2.45) is 0 Å². The molecule has 0 aliphatic carbocycles. The van der Waals surface area contributed by atoms with Gasteiger partial charge in [-0.15, -0.1) is 0 Å². The average molecular weight is 166 g/mol. The third kappa shape index (κ3) is 0.894. The molecule has 2 aliphatic rings. The Kier molecular flexibility index (Phi) is 1.51. The van der Waals surface area contributed by atoms with Gasteiger partial charge in [0.15, 0.2) is 5.78 Å². The summed E-state index contributed by atoms with van der Waals surface area (Å²) < 4.78 is 0. The number of rotatable bonds is 0. The molecule has 66 valence electrons. The van der Waals surface area contributed by atoms with E-state index in [0.29, 0.717) is 0 Å². The molecule has 0 spiro atoms. The largest absolute Gasteiger partial charge is 0.362 e. The Bertz CT molecular complexity index is 249. The molecule has 0 aromatic carbocycles. The van der Waals surface area contributed by atoms with E-state index in [1.807, 2.05) is 13.1 Å². The fourth-order valence-corrected chi connectivity index (χ4v) is 2.02. The van der Waals surface area contributed by atoms with Crippen molar-refractivity contribution < 1.29 is 4.79 Å². The highest BCUT2D eigenvalue weighted by molar-refractivity contribution is 6.00. The van der Waals surface area contributed by atoms with Crippen molar-refractivity contribution in [3.63, 3.8) is 0 Å². The standard InChI is InChI=1S/C9H14N2O/c1-9-7-10(2)5-6-11(9)4-3-8(9)12/h3-4H,5-7H2,1-2H3. The number of likely N-dealkylation sites (N-methyl/N-ethyl adjacent to an activating group) is 1. The maximum absolute atomic E-state index is 11.5. The molecular formula is C9H14N2O. The van der Waals surface area contributed by atoms with Crippen LogP contribution in [0.1, 0.15) is 6.92 Å². The molecule has 2 aliphatic heterocycles. The molecule has 0 aromatic rings. The Morgan fingerprint density at radius 3 is 3.00 bits per heavy atom. The van der Waals surface area contributed by atoms with Crippen molar-refractivity contribution in [1.29, 1.82) is 0 Å². The predicted octanol–water partition coefficient (Wildman–Crippen LogP) is 0.0889. The van der Waals surface area contributed by atoms with Gasteiger partial charge in [0, 0.05) is 25.8 Å². The van der Waals surface area contributed by atoms with Gasteiger partial charge in [0.25, 0.3) is 0 Å². The number of hydrogen-bond donors (Lipinski definition) is 0. The Morgan fingerprint density at radius 2 is 2.25 bits per heavy atom. The van der Waals surface area contributed by atoms with E-state index >= 15 is 0 Å². The van der Waals surface area contributed by atoms with Gasteiger partial charge in [-0.1, -0.05) is 0 Å². The Hall–Kier alpha value is -0.830. The molecule has 2 rings (SSSR count). The first-order valence-corrected chi connectivity index (χ1v) is 4.31. The van der Waals surface area contributed by atoms with Gasteiger partial charge in [-0.25, -0.2) is 0 Å². The minimum atomic E-state index is -0.271. The quantitative estimate of drug-likeness (QED) is 0.509. The van der Waals surface area contributed by atoms with E-state index in [0.717, 1.165) is 19.6 Å². The highest BCUT2D eigenvalue weighted by Gasteiger charge is 2.43. The van der Waals surface area contributed by atoms with Crippen LogP contribution in [-0.4, -0.2) is 47.8 Å². The van der Waals surface area contributed by atoms with Gasteiger partial charge in [-0.2, -0.15) is 0 Å². The zero-order chi connectivity index (χ0) is 8.77. The SMILES string of the molecule is CN1CCN2C=CC(=O)C2(C)C1. The zero-order valence-electron chi connectivity index (χ0n) is 7.58. The van der Waals surface area contributed by atoms with Crippen LogP contribution in [0.25, 0.3) is 0 Å². The van der Waals surface area contributed by atoms with Crippen molar-refractivity contribution in [3.8, 4) is 0 Å². The van der Waals surface area contributed by atoms with Crippen molar-refractivity contribution in [2.45, 2.75) is 12.5 Å². The minimum absolute atomic E-state index is 0.244. The fourth-order valence-electron chi connectivity index (χ4n) is 2.02. The van der Waals surface area contributed by atoms with Crippen LogP contribution in [0.5, 0.6) is 0 Å². The molecule has 0 aromatic heterocycles. The van der Waals surface area contributed by atoms with Crippen LogP contribution in [0.3, 0.4) is 0 Å². The number of fused-ring (bicyclic) bond motifs is 1. The fraction of sp³-hybridized carbons (Fsp3) is 0.667. The minimum Gasteiger partial charge on any atom is -0.362 e. The molecule has 0 radical (unpaired) electrons. The summed E-state index contributed by atoms with van der Waals surface area (Å²) >= 11 is 0. The highest BCUT2D eigenvalue weighted by atomic mass is 16.1. The predicted molar refractivity (Wildman–Crippen MR) is 46.8 cm³/mol. The van der Waals surface area contributed by atoms with Crippen molar-refractivity contribution in [3.05, 3.63) is 12.3 Å². The first-order valence-electron chi connectivity index (χ1n) is 4.31. The summed E-state index contributed by atoms with van der Waals surface area (Å²) in [5.41, 5.74) is -0.271. The Labute approximate surface area is 72.6 Å².